The molecule has 0 radical (unpaired) electrons. The second kappa shape index (κ2) is 6.86. The fourth-order valence-electron chi connectivity index (χ4n) is 2.11. The van der Waals surface area contributed by atoms with E-state index in [-0.39, 0.29) is 5.92 Å². The second-order valence-electron chi connectivity index (χ2n) is 4.78. The molecule has 1 heterocycles. The molecule has 1 rings (SSSR count). The number of aliphatic hydroxyl groups is 1. The maximum atomic E-state index is 10.7. The summed E-state index contributed by atoms with van der Waals surface area (Å²) in [5.41, 5.74) is 0. The van der Waals surface area contributed by atoms with Crippen LogP contribution >= 0.6 is 0 Å². The number of hydrogen-bond donors (Lipinski definition) is 2. The lowest BCUT2D eigenvalue weighted by molar-refractivity contribution is -0.145. The smallest absolute Gasteiger partial charge is 0.306 e. The maximum Gasteiger partial charge on any atom is 0.306 e. The largest absolute Gasteiger partial charge is 0.481 e. The van der Waals surface area contributed by atoms with Crippen LogP contribution in [0.25, 0.3) is 0 Å². The summed E-state index contributed by atoms with van der Waals surface area (Å²) in [4.78, 5) is 13.1. The van der Waals surface area contributed by atoms with Gasteiger partial charge in [-0.3, -0.25) is 4.79 Å². The monoisotopic (exact) mass is 229 g/mol. The highest BCUT2D eigenvalue weighted by Crippen LogP contribution is 2.24. The van der Waals surface area contributed by atoms with Crippen molar-refractivity contribution in [3.63, 3.8) is 0 Å². The van der Waals surface area contributed by atoms with E-state index in [2.05, 4.69) is 4.90 Å². The average molecular weight is 229 g/mol. The molecule has 1 fully saturated rings. The van der Waals surface area contributed by atoms with E-state index in [0.29, 0.717) is 12.5 Å². The van der Waals surface area contributed by atoms with Crippen LogP contribution in [0.5, 0.6) is 0 Å². The van der Waals surface area contributed by atoms with E-state index in [1.165, 1.54) is 0 Å². The van der Waals surface area contributed by atoms with Crippen molar-refractivity contribution in [3.05, 3.63) is 0 Å². The lowest BCUT2D eigenvalue weighted by Crippen LogP contribution is -2.51. The third kappa shape index (κ3) is 4.10. The van der Waals surface area contributed by atoms with Crippen molar-refractivity contribution in [2.45, 2.75) is 32.6 Å². The number of carbonyl (C=O) groups is 1. The van der Waals surface area contributed by atoms with Crippen LogP contribution in [-0.2, 0) is 4.79 Å². The molecule has 4 heteroatoms. The van der Waals surface area contributed by atoms with Crippen molar-refractivity contribution in [1.82, 2.24) is 4.90 Å². The zero-order valence-corrected chi connectivity index (χ0v) is 10.1. The molecule has 4 nitrogen and oxygen atoms in total. The number of carboxylic acids is 1. The molecule has 0 spiro atoms. The molecule has 0 amide bonds. The summed E-state index contributed by atoms with van der Waals surface area (Å²) in [5.74, 6) is -0.534. The molecule has 16 heavy (non-hydrogen) atoms. The Morgan fingerprint density at radius 1 is 1.31 bits per heavy atom. The number of unbranched alkanes of at least 4 members (excludes halogenated alkanes) is 3. The summed E-state index contributed by atoms with van der Waals surface area (Å²) in [6, 6.07) is 0. The van der Waals surface area contributed by atoms with Crippen LogP contribution in [0.4, 0.5) is 0 Å². The predicted molar refractivity (Wildman–Crippen MR) is 62.3 cm³/mol. The molecule has 0 bridgehead atoms. The molecule has 1 aliphatic rings. The number of rotatable bonds is 8. The summed E-state index contributed by atoms with van der Waals surface area (Å²) >= 11 is 0. The van der Waals surface area contributed by atoms with E-state index in [1.54, 1.807) is 6.92 Å². The van der Waals surface area contributed by atoms with Crippen LogP contribution in [0.1, 0.15) is 32.6 Å². The number of aliphatic carboxylic acids is 1. The van der Waals surface area contributed by atoms with E-state index < -0.39 is 5.97 Å². The Kier molecular flexibility index (Phi) is 5.77. The van der Waals surface area contributed by atoms with E-state index in [1.807, 2.05) is 0 Å². The first-order chi connectivity index (χ1) is 7.65. The van der Waals surface area contributed by atoms with Gasteiger partial charge in [0.15, 0.2) is 0 Å². The molecule has 0 saturated carbocycles. The normalized spacial score (nSPS) is 19.4. The SMILES string of the molecule is CC(C(=O)O)C1CN(CCCCCCO)C1. The van der Waals surface area contributed by atoms with Crippen molar-refractivity contribution in [3.8, 4) is 0 Å². The van der Waals surface area contributed by atoms with Gasteiger partial charge in [-0.05, 0) is 25.3 Å². The second-order valence-corrected chi connectivity index (χ2v) is 4.78. The number of nitrogens with zero attached hydrogens (tertiary/aromatic N) is 1. The van der Waals surface area contributed by atoms with Crippen LogP contribution in [-0.4, -0.2) is 47.3 Å². The molecular weight excluding hydrogens is 206 g/mol. The standard InChI is InChI=1S/C12H23NO3/c1-10(12(15)16)11-8-13(9-11)6-4-2-3-5-7-14/h10-11,14H,2-9H2,1H3,(H,15,16). The Hall–Kier alpha value is -0.610. The van der Waals surface area contributed by atoms with Gasteiger partial charge in [-0.15, -0.1) is 0 Å². The predicted octanol–water partition coefficient (Wildman–Crippen LogP) is 1.19. The van der Waals surface area contributed by atoms with Gasteiger partial charge in [0, 0.05) is 19.7 Å². The Morgan fingerprint density at radius 2 is 1.94 bits per heavy atom. The molecule has 1 saturated heterocycles. The lowest BCUT2D eigenvalue weighted by Gasteiger charge is -2.41. The van der Waals surface area contributed by atoms with Crippen LogP contribution in [0, 0.1) is 11.8 Å². The first-order valence-corrected chi connectivity index (χ1v) is 6.21. The molecule has 1 atom stereocenters. The van der Waals surface area contributed by atoms with Gasteiger partial charge in [-0.1, -0.05) is 19.8 Å². The average Bonchev–Trinajstić information content (AvgIpc) is 2.19. The first kappa shape index (κ1) is 13.5. The quantitative estimate of drug-likeness (QED) is 0.614. The van der Waals surface area contributed by atoms with E-state index in [4.69, 9.17) is 10.2 Å². The summed E-state index contributed by atoms with van der Waals surface area (Å²) in [5, 5.41) is 17.4. The highest BCUT2D eigenvalue weighted by molar-refractivity contribution is 5.70. The Morgan fingerprint density at radius 3 is 2.50 bits per heavy atom. The lowest BCUT2D eigenvalue weighted by atomic mass is 9.87. The zero-order chi connectivity index (χ0) is 12.0. The van der Waals surface area contributed by atoms with Gasteiger partial charge in [-0.25, -0.2) is 0 Å². The van der Waals surface area contributed by atoms with Crippen molar-refractivity contribution >= 4 is 5.97 Å². The highest BCUT2D eigenvalue weighted by Gasteiger charge is 2.33. The third-order valence-electron chi connectivity index (χ3n) is 3.46. The molecule has 0 aromatic carbocycles. The Balaban J connectivity index is 1.97. The summed E-state index contributed by atoms with van der Waals surface area (Å²) in [6.45, 7) is 5.04. The molecule has 0 aromatic heterocycles. The van der Waals surface area contributed by atoms with Gasteiger partial charge < -0.3 is 15.1 Å². The maximum absolute atomic E-state index is 10.7. The number of aliphatic hydroxyl groups excluding tert-OH is 1. The molecular formula is C12H23NO3. The minimum Gasteiger partial charge on any atom is -0.481 e. The van der Waals surface area contributed by atoms with Gasteiger partial charge in [0.2, 0.25) is 0 Å². The summed E-state index contributed by atoms with van der Waals surface area (Å²) in [6.07, 6.45) is 4.32. The van der Waals surface area contributed by atoms with Gasteiger partial charge in [-0.2, -0.15) is 0 Å². The molecule has 94 valence electrons. The number of carboxylic acid groups (broad SMARTS) is 1. The van der Waals surface area contributed by atoms with E-state index >= 15 is 0 Å². The van der Waals surface area contributed by atoms with Gasteiger partial charge in [0.25, 0.3) is 0 Å². The van der Waals surface area contributed by atoms with Crippen LogP contribution in [0.2, 0.25) is 0 Å². The molecule has 2 N–H and O–H groups in total. The highest BCUT2D eigenvalue weighted by atomic mass is 16.4. The Labute approximate surface area is 97.3 Å². The topological polar surface area (TPSA) is 60.8 Å². The first-order valence-electron chi connectivity index (χ1n) is 6.21. The third-order valence-corrected chi connectivity index (χ3v) is 3.46. The molecule has 1 unspecified atom stereocenters. The summed E-state index contributed by atoms with van der Waals surface area (Å²) < 4.78 is 0. The van der Waals surface area contributed by atoms with E-state index in [0.717, 1.165) is 45.3 Å². The van der Waals surface area contributed by atoms with Crippen LogP contribution < -0.4 is 0 Å². The van der Waals surface area contributed by atoms with Crippen molar-refractivity contribution in [2.24, 2.45) is 11.8 Å². The molecule has 1 aliphatic heterocycles. The molecule has 0 aromatic rings. The van der Waals surface area contributed by atoms with Crippen molar-refractivity contribution < 1.29 is 15.0 Å². The summed E-state index contributed by atoms with van der Waals surface area (Å²) in [7, 11) is 0. The van der Waals surface area contributed by atoms with E-state index in [9.17, 15) is 4.79 Å². The van der Waals surface area contributed by atoms with Gasteiger partial charge in [0.05, 0.1) is 5.92 Å². The molecule has 0 aliphatic carbocycles. The Bertz CT molecular complexity index is 214. The van der Waals surface area contributed by atoms with Crippen LogP contribution in [0.3, 0.4) is 0 Å². The number of likely N-dealkylation sites (tertiary alicyclic amines) is 1. The van der Waals surface area contributed by atoms with Crippen molar-refractivity contribution in [1.29, 1.82) is 0 Å². The fraction of sp³-hybridized carbons (Fsp3) is 0.917. The van der Waals surface area contributed by atoms with Crippen LogP contribution in [0.15, 0.2) is 0 Å². The van der Waals surface area contributed by atoms with Gasteiger partial charge in [0.1, 0.15) is 0 Å². The minimum atomic E-state index is -0.674. The van der Waals surface area contributed by atoms with Gasteiger partial charge >= 0.3 is 5.97 Å². The zero-order valence-electron chi connectivity index (χ0n) is 10.1. The number of hydrogen-bond acceptors (Lipinski definition) is 3. The van der Waals surface area contributed by atoms with Crippen molar-refractivity contribution in [2.75, 3.05) is 26.2 Å². The fourth-order valence-corrected chi connectivity index (χ4v) is 2.11. The minimum absolute atomic E-state index is 0.203.